The van der Waals surface area contributed by atoms with Crippen LogP contribution in [0.3, 0.4) is 0 Å². The van der Waals surface area contributed by atoms with Crippen molar-refractivity contribution in [1.29, 1.82) is 0 Å². The lowest BCUT2D eigenvalue weighted by Crippen LogP contribution is -1.51. The Balaban J connectivity index is -0.000000376. The Morgan fingerprint density at radius 3 is 1.69 bits per heavy atom. The van der Waals surface area contributed by atoms with Gasteiger partial charge in [-0.1, -0.05) is 19.2 Å². The van der Waals surface area contributed by atoms with Crippen molar-refractivity contribution in [2.24, 2.45) is 0 Å². The van der Waals surface area contributed by atoms with Crippen LogP contribution >= 0.6 is 8.02 Å². The van der Waals surface area contributed by atoms with Crippen LogP contribution in [0.5, 0.6) is 0 Å². The second-order valence-electron chi connectivity index (χ2n) is 1.02. The molecule has 0 spiro atoms. The van der Waals surface area contributed by atoms with Crippen molar-refractivity contribution < 1.29 is 1.37 Å². The highest BCUT2D eigenvalue weighted by Gasteiger charge is 1.52. The number of rotatable bonds is 0. The highest BCUT2D eigenvalue weighted by molar-refractivity contribution is 7.88. The first-order valence-electron chi connectivity index (χ1n) is 2.99. The first-order chi connectivity index (χ1) is 6.41. The normalized spacial score (nSPS) is 3.46. The van der Waals surface area contributed by atoms with E-state index in [-0.39, 0.29) is 7.43 Å². The Hall–Kier alpha value is -1.68. The molecule has 0 bridgehead atoms. The third kappa shape index (κ3) is 25.2. The van der Waals surface area contributed by atoms with Gasteiger partial charge in [0.1, 0.15) is 1.37 Å². The quantitative estimate of drug-likeness (QED) is 0.425. The minimum absolute atomic E-state index is 0. The first-order valence-corrected chi connectivity index (χ1v) is 4.13. The molecule has 0 rings (SSSR count). The number of terminal acetylenes is 2. The average molecular weight is 204 g/mol. The van der Waals surface area contributed by atoms with Crippen LogP contribution in [0.2, 0.25) is 0 Å². The van der Waals surface area contributed by atoms with E-state index in [1.165, 1.54) is 0 Å². The summed E-state index contributed by atoms with van der Waals surface area (Å²) < 4.78 is 6.38. The van der Waals surface area contributed by atoms with Gasteiger partial charge < -0.3 is 0 Å². The van der Waals surface area contributed by atoms with Crippen molar-refractivity contribution in [2.75, 3.05) is 0 Å². The third-order valence-electron chi connectivity index (χ3n) is 0.447. The third-order valence-corrected chi connectivity index (χ3v) is 0.447. The van der Waals surface area contributed by atoms with Crippen LogP contribution in [-0.2, 0) is 11.8 Å². The fraction of sp³-hybridized carbons (Fsp3) is 0.0909. The zero-order valence-corrected chi connectivity index (χ0v) is 7.80. The minimum Gasteiger partial charge on any atom is -0.106 e. The van der Waals surface area contributed by atoms with Crippen molar-refractivity contribution in [1.82, 2.24) is 0 Å². The zero-order valence-electron chi connectivity index (χ0n) is 6.99. The molecule has 0 N–H and O–H groups in total. The molecule has 0 aromatic heterocycles. The summed E-state index contributed by atoms with van der Waals surface area (Å²) >= 11 is 3.89. The average Bonchev–Trinajstić information content (AvgIpc) is 2.20. The van der Waals surface area contributed by atoms with Gasteiger partial charge in [0.25, 0.3) is 0 Å². The summed E-state index contributed by atoms with van der Waals surface area (Å²) in [5.41, 5.74) is 0. The van der Waals surface area contributed by atoms with E-state index in [1.54, 1.807) is 0 Å². The van der Waals surface area contributed by atoms with Crippen molar-refractivity contribution in [2.45, 2.75) is 7.43 Å². The molecule has 0 aliphatic rings. The van der Waals surface area contributed by atoms with Crippen LogP contribution in [-0.4, -0.2) is 0 Å². The van der Waals surface area contributed by atoms with E-state index in [9.17, 15) is 0 Å². The predicted molar refractivity (Wildman–Crippen MR) is 63.4 cm³/mol. The van der Waals surface area contributed by atoms with Crippen LogP contribution in [0.4, 0.5) is 0 Å². The largest absolute Gasteiger partial charge is 0.125 e. The summed E-state index contributed by atoms with van der Waals surface area (Å²) in [4.78, 5) is 0. The summed E-state index contributed by atoms with van der Waals surface area (Å²) in [5.74, 6) is 18.4. The Labute approximate surface area is 89.2 Å². The fourth-order valence-electron chi connectivity index (χ4n) is 0.192. The van der Waals surface area contributed by atoms with Crippen LogP contribution in [0.25, 0.3) is 0 Å². The molecule has 62 valence electrons. The lowest BCUT2D eigenvalue weighted by molar-refractivity contribution is 2.37. The molecule has 0 amide bonds. The molecular weight excluding hydrogens is 195 g/mol. The molecule has 0 aliphatic carbocycles. The lowest BCUT2D eigenvalue weighted by Gasteiger charge is -1.52. The van der Waals surface area contributed by atoms with Gasteiger partial charge in [-0.05, 0) is 55.4 Å². The van der Waals surface area contributed by atoms with Gasteiger partial charge in [0, 0.05) is 0 Å². The molecule has 0 nitrogen and oxygen atoms in total. The summed E-state index contributed by atoms with van der Waals surface area (Å²) in [6.45, 7) is 0. The van der Waals surface area contributed by atoms with Gasteiger partial charge in [-0.2, -0.15) is 0 Å². The van der Waals surface area contributed by atoms with Gasteiger partial charge in [0.2, 0.25) is 0 Å². The molecule has 0 saturated heterocycles. The topological polar surface area (TPSA) is 0 Å². The smallest absolute Gasteiger partial charge is 0.106 e. The maximum Gasteiger partial charge on any atom is 0.125 e. The summed E-state index contributed by atoms with van der Waals surface area (Å²) in [7, 11) is 2.56. The summed E-state index contributed by atoms with van der Waals surface area (Å²) in [6.07, 6.45) is 6.68. The molecule has 0 unspecified atom stereocenters. The molecule has 0 aromatic carbocycles. The van der Waals surface area contributed by atoms with E-state index in [1.807, 2.05) is 6.40 Å². The van der Waals surface area contributed by atoms with Gasteiger partial charge in [-0.15, -0.1) is 12.8 Å². The van der Waals surface area contributed by atoms with E-state index in [0.717, 1.165) is 0 Å². The number of hydrogen-bond acceptors (Lipinski definition) is 1. The second-order valence-corrected chi connectivity index (χ2v) is 1.02. The number of hydrogen-bond donors (Lipinski definition) is 0. The van der Waals surface area contributed by atoms with E-state index >= 15 is 0 Å². The molecule has 0 fully saturated rings. The maximum absolute atomic E-state index is 6.38. The Morgan fingerprint density at radius 2 is 1.31 bits per heavy atom. The molecule has 13 heavy (non-hydrogen) atoms. The monoisotopic (exact) mass is 204 g/mol. The van der Waals surface area contributed by atoms with Crippen molar-refractivity contribution in [3.8, 4) is 60.2 Å². The first kappa shape index (κ1) is 13.9. The van der Waals surface area contributed by atoms with Gasteiger partial charge in [0.15, 0.2) is 0 Å². The second kappa shape index (κ2) is 22.4. The van der Waals surface area contributed by atoms with E-state index in [4.69, 9.17) is 7.79 Å². The zero-order chi connectivity index (χ0) is 10.4. The standard InChI is InChI=1S/C10H2.CH4.HPS/c1-3-5-7-9-10-8-6-4-2;;1-2/h1-2H;1H4;1H/i1T;;. The summed E-state index contributed by atoms with van der Waals surface area (Å²) in [5, 5.41) is 0. The van der Waals surface area contributed by atoms with E-state index in [2.05, 4.69) is 67.2 Å². The molecule has 0 radical (unpaired) electrons. The van der Waals surface area contributed by atoms with Gasteiger partial charge >= 0.3 is 0 Å². The van der Waals surface area contributed by atoms with E-state index in [0.29, 0.717) is 0 Å². The van der Waals surface area contributed by atoms with Gasteiger partial charge in [-0.25, -0.2) is 0 Å². The molecule has 0 atom stereocenters. The predicted octanol–water partition coefficient (Wildman–Crippen LogP) is 1.49. The highest BCUT2D eigenvalue weighted by atomic mass is 32.4. The minimum atomic E-state index is 0. The molecule has 0 heterocycles. The highest BCUT2D eigenvalue weighted by Crippen LogP contribution is 1.52. The summed E-state index contributed by atoms with van der Waals surface area (Å²) in [6, 6.07) is 0. The van der Waals surface area contributed by atoms with Crippen LogP contribution in [0.15, 0.2) is 0 Å². The van der Waals surface area contributed by atoms with E-state index < -0.39 is 0 Å². The molecular formula is C11H7PS. The van der Waals surface area contributed by atoms with Crippen LogP contribution in [0, 0.1) is 60.2 Å². The Bertz CT molecular complexity index is 415. The molecule has 2 heteroatoms. The van der Waals surface area contributed by atoms with Crippen molar-refractivity contribution >= 4 is 19.8 Å². The van der Waals surface area contributed by atoms with Crippen LogP contribution < -0.4 is 0 Å². The van der Waals surface area contributed by atoms with Crippen molar-refractivity contribution in [3.05, 3.63) is 0 Å². The molecule has 0 aliphatic heterocycles. The maximum atomic E-state index is 6.38. The molecule has 0 aromatic rings. The lowest BCUT2D eigenvalue weighted by atomic mass is 10.5. The Kier molecular flexibility index (Phi) is 24.0. The fourth-order valence-corrected chi connectivity index (χ4v) is 0.192. The van der Waals surface area contributed by atoms with Gasteiger partial charge in [0.05, 0.1) is 0 Å². The Morgan fingerprint density at radius 1 is 0.923 bits per heavy atom. The molecule has 0 saturated carbocycles. The van der Waals surface area contributed by atoms with Crippen molar-refractivity contribution in [3.63, 3.8) is 0 Å². The SMILES string of the molecule is C.P=S.[3H]C#CC#CC#CC#CC#C. The van der Waals surface area contributed by atoms with Crippen LogP contribution in [0.1, 0.15) is 8.80 Å². The van der Waals surface area contributed by atoms with Gasteiger partial charge in [-0.3, -0.25) is 0 Å².